The van der Waals surface area contributed by atoms with E-state index in [1.54, 1.807) is 6.21 Å². The topological polar surface area (TPSA) is 62.0 Å². The van der Waals surface area contributed by atoms with Crippen LogP contribution in [0, 0.1) is 10.8 Å². The summed E-state index contributed by atoms with van der Waals surface area (Å²) >= 11 is 0. The molecule has 0 aromatic carbocycles. The smallest absolute Gasteiger partial charge is 0.429 e. The Kier molecular flexibility index (Phi) is 3.83. The molecule has 4 nitrogen and oxygen atoms in total. The number of hydrogen-bond acceptors (Lipinski definition) is 4. The third kappa shape index (κ3) is 2.77. The molecule has 1 aliphatic rings. The van der Waals surface area contributed by atoms with E-state index in [0.29, 0.717) is 13.0 Å². The summed E-state index contributed by atoms with van der Waals surface area (Å²) in [5.74, 6) is 0.0834. The summed E-state index contributed by atoms with van der Waals surface area (Å²) < 4.78 is 0. The van der Waals surface area contributed by atoms with Gasteiger partial charge in [0.15, 0.2) is 0 Å². The Morgan fingerprint density at radius 1 is 1.69 bits per heavy atom. The van der Waals surface area contributed by atoms with E-state index in [-0.39, 0.29) is 11.7 Å². The predicted octanol–water partition coefficient (Wildman–Crippen LogP) is 1.27. The third-order valence-electron chi connectivity index (χ3n) is 2.35. The van der Waals surface area contributed by atoms with Crippen LogP contribution < -0.4 is 0 Å². The third-order valence-corrected chi connectivity index (χ3v) is 2.35. The fourth-order valence-electron chi connectivity index (χ4n) is 1.45. The summed E-state index contributed by atoms with van der Waals surface area (Å²) in [4.78, 5) is 14.3. The molecule has 70 valence electrons. The first-order valence-electron chi connectivity index (χ1n) is 4.41. The highest BCUT2D eigenvalue weighted by Gasteiger charge is 2.30. The van der Waals surface area contributed by atoms with Gasteiger partial charge in [0.1, 0.15) is 0 Å². The SMILES string of the molecule is CC1C/N=C\C=C/CC1B(O)N=O. The number of allylic oxidation sites excluding steroid dienone is 2. The molecule has 0 amide bonds. The maximum atomic E-state index is 10.2. The number of hydrogen-bond donors (Lipinski definition) is 1. The van der Waals surface area contributed by atoms with E-state index in [0.717, 1.165) is 0 Å². The van der Waals surface area contributed by atoms with Crippen LogP contribution in [0.15, 0.2) is 22.2 Å². The average molecular weight is 180 g/mol. The molecule has 0 saturated carbocycles. The number of nitroso groups, excluding NO2 is 1. The van der Waals surface area contributed by atoms with Crippen LogP contribution in [0.3, 0.4) is 0 Å². The Morgan fingerprint density at radius 3 is 3.15 bits per heavy atom. The second kappa shape index (κ2) is 4.92. The molecule has 0 aromatic rings. The molecule has 1 heterocycles. The van der Waals surface area contributed by atoms with Crippen LogP contribution in [0.1, 0.15) is 13.3 Å². The quantitative estimate of drug-likeness (QED) is 0.513. The summed E-state index contributed by atoms with van der Waals surface area (Å²) in [5.41, 5.74) is 0. The molecular formula is C8H13BN2O2. The van der Waals surface area contributed by atoms with Gasteiger partial charge < -0.3 is 5.02 Å². The van der Waals surface area contributed by atoms with Gasteiger partial charge in [-0.15, -0.1) is 0 Å². The highest BCUT2D eigenvalue weighted by molar-refractivity contribution is 6.50. The summed E-state index contributed by atoms with van der Waals surface area (Å²) in [7, 11) is -1.10. The molecule has 0 aliphatic carbocycles. The van der Waals surface area contributed by atoms with Gasteiger partial charge >= 0.3 is 7.05 Å². The van der Waals surface area contributed by atoms with Crippen LogP contribution >= 0.6 is 0 Å². The van der Waals surface area contributed by atoms with Crippen molar-refractivity contribution in [1.29, 1.82) is 0 Å². The van der Waals surface area contributed by atoms with E-state index in [9.17, 15) is 9.93 Å². The molecule has 0 bridgehead atoms. The molecule has 1 rings (SSSR count). The first-order valence-corrected chi connectivity index (χ1v) is 4.41. The number of nitrogens with zero attached hydrogens (tertiary/aromatic N) is 2. The molecule has 5 heteroatoms. The van der Waals surface area contributed by atoms with Crippen LogP contribution in [-0.2, 0) is 0 Å². The molecule has 1 N–H and O–H groups in total. The Balaban J connectivity index is 2.65. The Morgan fingerprint density at radius 2 is 2.46 bits per heavy atom. The van der Waals surface area contributed by atoms with Crippen molar-refractivity contribution in [2.45, 2.75) is 19.2 Å². The van der Waals surface area contributed by atoms with Crippen LogP contribution in [0.2, 0.25) is 5.82 Å². The zero-order valence-corrected chi connectivity index (χ0v) is 7.63. The second-order valence-corrected chi connectivity index (χ2v) is 3.34. The van der Waals surface area contributed by atoms with Gasteiger partial charge in [-0.3, -0.25) is 4.99 Å². The highest BCUT2D eigenvalue weighted by atomic mass is 16.3. The minimum atomic E-state index is -1.10. The van der Waals surface area contributed by atoms with Gasteiger partial charge in [-0.2, -0.15) is 4.91 Å². The fraction of sp³-hybridized carbons (Fsp3) is 0.625. The number of aliphatic imine (C=N–C) groups is 1. The van der Waals surface area contributed by atoms with E-state index in [4.69, 9.17) is 0 Å². The lowest BCUT2D eigenvalue weighted by Crippen LogP contribution is -2.25. The first-order chi connectivity index (χ1) is 6.25. The van der Waals surface area contributed by atoms with Crippen molar-refractivity contribution in [2.75, 3.05) is 6.54 Å². The Bertz CT molecular complexity index is 230. The maximum absolute atomic E-state index is 10.2. The highest BCUT2D eigenvalue weighted by Crippen LogP contribution is 2.26. The van der Waals surface area contributed by atoms with E-state index >= 15 is 0 Å². The standard InChI is InChI=1S/C8H13BN2O2/c1-7-6-10-5-3-2-4-8(7)9(12)11-13/h2-3,5,7-8,12H,4,6H2,1H3/b3-2-,10-5-. The summed E-state index contributed by atoms with van der Waals surface area (Å²) in [6, 6.07) is 0. The van der Waals surface area contributed by atoms with Crippen LogP contribution in [-0.4, -0.2) is 24.8 Å². The fourth-order valence-corrected chi connectivity index (χ4v) is 1.45. The number of rotatable bonds is 2. The maximum Gasteiger partial charge on any atom is 0.487 e. The van der Waals surface area contributed by atoms with Crippen LogP contribution in [0.4, 0.5) is 0 Å². The van der Waals surface area contributed by atoms with Crippen LogP contribution in [0.5, 0.6) is 0 Å². The van der Waals surface area contributed by atoms with E-state index in [1.165, 1.54) is 0 Å². The monoisotopic (exact) mass is 180 g/mol. The van der Waals surface area contributed by atoms with Crippen molar-refractivity contribution in [3.8, 4) is 0 Å². The summed E-state index contributed by atoms with van der Waals surface area (Å²) in [6.07, 6.45) is 6.15. The Labute approximate surface area is 77.9 Å². The lowest BCUT2D eigenvalue weighted by Gasteiger charge is -2.20. The first kappa shape index (κ1) is 10.1. The molecule has 13 heavy (non-hydrogen) atoms. The van der Waals surface area contributed by atoms with Crippen molar-refractivity contribution in [1.82, 2.24) is 0 Å². The van der Waals surface area contributed by atoms with Crippen LogP contribution in [0.25, 0.3) is 0 Å². The minimum Gasteiger partial charge on any atom is -0.429 e. The molecular weight excluding hydrogens is 167 g/mol. The zero-order chi connectivity index (χ0) is 9.68. The Hall–Kier alpha value is -0.965. The van der Waals surface area contributed by atoms with Gasteiger partial charge in [-0.05, 0) is 24.2 Å². The molecule has 1 aliphatic heterocycles. The summed E-state index contributed by atoms with van der Waals surface area (Å²) in [6.45, 7) is 2.61. The molecule has 0 spiro atoms. The zero-order valence-electron chi connectivity index (χ0n) is 7.63. The molecule has 0 fully saturated rings. The van der Waals surface area contributed by atoms with Crippen molar-refractivity contribution in [3.63, 3.8) is 0 Å². The lowest BCUT2D eigenvalue weighted by atomic mass is 9.61. The van der Waals surface area contributed by atoms with Crippen molar-refractivity contribution < 1.29 is 5.02 Å². The van der Waals surface area contributed by atoms with E-state index in [2.05, 4.69) is 10.1 Å². The minimum absolute atomic E-state index is 0.105. The lowest BCUT2D eigenvalue weighted by molar-refractivity contribution is 0.468. The normalized spacial score (nSPS) is 32.8. The molecule has 2 atom stereocenters. The van der Waals surface area contributed by atoms with Gasteiger partial charge in [0.25, 0.3) is 0 Å². The van der Waals surface area contributed by atoms with Gasteiger partial charge in [-0.1, -0.05) is 18.1 Å². The summed E-state index contributed by atoms with van der Waals surface area (Å²) in [5, 5.41) is 12.0. The largest absolute Gasteiger partial charge is 0.487 e. The molecule has 0 saturated heterocycles. The molecule has 0 radical (unpaired) electrons. The van der Waals surface area contributed by atoms with E-state index in [1.807, 2.05) is 19.1 Å². The van der Waals surface area contributed by atoms with Gasteiger partial charge in [0.05, 0.1) is 0 Å². The van der Waals surface area contributed by atoms with Crippen molar-refractivity contribution in [2.24, 2.45) is 16.0 Å². The van der Waals surface area contributed by atoms with Crippen molar-refractivity contribution >= 4 is 13.3 Å². The van der Waals surface area contributed by atoms with Gasteiger partial charge in [0, 0.05) is 12.8 Å². The van der Waals surface area contributed by atoms with Crippen molar-refractivity contribution in [3.05, 3.63) is 17.1 Å². The second-order valence-electron chi connectivity index (χ2n) is 3.34. The van der Waals surface area contributed by atoms with Gasteiger partial charge in [-0.25, -0.2) is 0 Å². The van der Waals surface area contributed by atoms with E-state index < -0.39 is 7.05 Å². The predicted molar refractivity (Wildman–Crippen MR) is 53.8 cm³/mol. The average Bonchev–Trinajstić information content (AvgIpc) is 2.11. The molecule has 2 unspecified atom stereocenters. The van der Waals surface area contributed by atoms with Gasteiger partial charge in [0.2, 0.25) is 0 Å². The molecule has 0 aromatic heterocycles.